The summed E-state index contributed by atoms with van der Waals surface area (Å²) in [6.45, 7) is 1.72. The van der Waals surface area contributed by atoms with E-state index in [1.807, 2.05) is 23.9 Å². The maximum atomic E-state index is 10.3. The minimum Gasteiger partial charge on any atom is -0.481 e. The van der Waals surface area contributed by atoms with Gasteiger partial charge < -0.3 is 10.2 Å². The molecule has 0 amide bonds. The third kappa shape index (κ3) is 17.0. The summed E-state index contributed by atoms with van der Waals surface area (Å²) in [6.07, 6.45) is 14.2. The molecule has 0 aromatic rings. The van der Waals surface area contributed by atoms with Crippen LogP contribution in [0.5, 0.6) is 0 Å². The Bertz CT molecular complexity index is 307. The van der Waals surface area contributed by atoms with E-state index >= 15 is 0 Å². The second-order valence-electron chi connectivity index (χ2n) is 4.17. The molecule has 0 saturated heterocycles. The fourth-order valence-electron chi connectivity index (χ4n) is 1.27. The maximum absolute atomic E-state index is 10.3. The lowest BCUT2D eigenvalue weighted by Crippen LogP contribution is -1.92. The number of aliphatic hydroxyl groups is 1. The molecular formula is C15H24O3S. The van der Waals surface area contributed by atoms with Crippen molar-refractivity contribution < 1.29 is 15.0 Å². The third-order valence-corrected chi connectivity index (χ3v) is 3.16. The Kier molecular flexibility index (Phi) is 12.7. The van der Waals surface area contributed by atoms with Crippen LogP contribution in [0, 0.1) is 0 Å². The van der Waals surface area contributed by atoms with Gasteiger partial charge in [-0.3, -0.25) is 4.79 Å². The van der Waals surface area contributed by atoms with Crippen LogP contribution in [0.25, 0.3) is 0 Å². The van der Waals surface area contributed by atoms with Gasteiger partial charge in [0.15, 0.2) is 0 Å². The molecule has 19 heavy (non-hydrogen) atoms. The van der Waals surface area contributed by atoms with E-state index in [0.717, 1.165) is 30.8 Å². The predicted molar refractivity (Wildman–Crippen MR) is 82.5 cm³/mol. The van der Waals surface area contributed by atoms with E-state index in [4.69, 9.17) is 10.2 Å². The van der Waals surface area contributed by atoms with Gasteiger partial charge in [0.05, 0.1) is 6.10 Å². The molecule has 0 aromatic carbocycles. The second kappa shape index (κ2) is 13.4. The fourth-order valence-corrected chi connectivity index (χ4v) is 1.99. The molecule has 1 unspecified atom stereocenters. The first-order chi connectivity index (χ1) is 9.13. The maximum Gasteiger partial charge on any atom is 0.303 e. The number of unbranched alkanes of at least 4 members (excludes halogenated alkanes) is 1. The smallest absolute Gasteiger partial charge is 0.303 e. The molecule has 0 saturated carbocycles. The Labute approximate surface area is 120 Å². The monoisotopic (exact) mass is 284 g/mol. The normalized spacial score (nSPS) is 13.8. The van der Waals surface area contributed by atoms with Crippen molar-refractivity contribution in [1.82, 2.24) is 0 Å². The molecule has 0 fully saturated rings. The molecule has 108 valence electrons. The number of aliphatic hydroxyl groups excluding tert-OH is 1. The molecule has 0 rings (SSSR count). The van der Waals surface area contributed by atoms with Crippen molar-refractivity contribution in [2.45, 2.75) is 38.7 Å². The van der Waals surface area contributed by atoms with Crippen LogP contribution >= 0.6 is 11.8 Å². The Morgan fingerprint density at radius 3 is 2.63 bits per heavy atom. The van der Waals surface area contributed by atoms with Gasteiger partial charge in [0.2, 0.25) is 0 Å². The van der Waals surface area contributed by atoms with Crippen molar-refractivity contribution in [3.63, 3.8) is 0 Å². The van der Waals surface area contributed by atoms with Crippen molar-refractivity contribution in [3.8, 4) is 0 Å². The van der Waals surface area contributed by atoms with E-state index in [-0.39, 0.29) is 12.5 Å². The zero-order valence-electron chi connectivity index (χ0n) is 11.5. The van der Waals surface area contributed by atoms with Crippen LogP contribution in [0.1, 0.15) is 32.6 Å². The third-order valence-electron chi connectivity index (χ3n) is 2.21. The number of carboxylic acid groups (broad SMARTS) is 1. The summed E-state index contributed by atoms with van der Waals surface area (Å²) in [4.78, 5) is 10.3. The highest BCUT2D eigenvalue weighted by Crippen LogP contribution is 2.04. The molecule has 0 aromatic heterocycles. The lowest BCUT2D eigenvalue weighted by molar-refractivity contribution is -0.137. The predicted octanol–water partition coefficient (Wildman–Crippen LogP) is 3.41. The van der Waals surface area contributed by atoms with Gasteiger partial charge in [0.1, 0.15) is 0 Å². The Morgan fingerprint density at radius 1 is 1.21 bits per heavy atom. The molecule has 0 spiro atoms. The van der Waals surface area contributed by atoms with Gasteiger partial charge in [0, 0.05) is 12.2 Å². The molecule has 1 atom stereocenters. The van der Waals surface area contributed by atoms with Crippen molar-refractivity contribution in [2.24, 2.45) is 0 Å². The molecule has 0 radical (unpaired) electrons. The van der Waals surface area contributed by atoms with E-state index in [9.17, 15) is 4.79 Å². The summed E-state index contributed by atoms with van der Waals surface area (Å²) >= 11 is 1.85. The van der Waals surface area contributed by atoms with Gasteiger partial charge in [-0.25, -0.2) is 0 Å². The first-order valence-corrected chi connectivity index (χ1v) is 7.74. The Morgan fingerprint density at radius 2 is 1.95 bits per heavy atom. The summed E-state index contributed by atoms with van der Waals surface area (Å²) in [5.74, 6) is 1.32. The number of carboxylic acids is 1. The first-order valence-electron chi connectivity index (χ1n) is 6.59. The average Bonchev–Trinajstić information content (AvgIpc) is 2.34. The number of carbonyl (C=O) groups is 1. The largest absolute Gasteiger partial charge is 0.481 e. The summed E-state index contributed by atoms with van der Waals surface area (Å²) in [5, 5.41) is 17.4. The van der Waals surface area contributed by atoms with Crippen LogP contribution in [0.4, 0.5) is 0 Å². The number of thioether (sulfide) groups is 1. The second-order valence-corrected chi connectivity index (χ2v) is 5.32. The quantitative estimate of drug-likeness (QED) is 0.347. The first kappa shape index (κ1) is 18.0. The van der Waals surface area contributed by atoms with Gasteiger partial charge in [-0.15, -0.1) is 0 Å². The number of hydrogen-bond acceptors (Lipinski definition) is 3. The highest BCUT2D eigenvalue weighted by molar-refractivity contribution is 7.99. The lowest BCUT2D eigenvalue weighted by atomic mass is 10.2. The molecule has 4 heteroatoms. The number of allylic oxidation sites excluding steroid dienone is 4. The lowest BCUT2D eigenvalue weighted by Gasteiger charge is -1.94. The van der Waals surface area contributed by atoms with Gasteiger partial charge in [0.25, 0.3) is 0 Å². The molecule has 0 aliphatic heterocycles. The van der Waals surface area contributed by atoms with E-state index < -0.39 is 5.97 Å². The van der Waals surface area contributed by atoms with Gasteiger partial charge in [-0.2, -0.15) is 11.8 Å². The highest BCUT2D eigenvalue weighted by atomic mass is 32.2. The van der Waals surface area contributed by atoms with Crippen molar-refractivity contribution >= 4 is 17.7 Å². The summed E-state index contributed by atoms with van der Waals surface area (Å²) in [7, 11) is 0. The number of aliphatic carboxylic acids is 1. The van der Waals surface area contributed by atoms with Crippen molar-refractivity contribution in [2.75, 3.05) is 11.5 Å². The van der Waals surface area contributed by atoms with Crippen molar-refractivity contribution in [1.29, 1.82) is 0 Å². The average molecular weight is 284 g/mol. The van der Waals surface area contributed by atoms with Gasteiger partial charge >= 0.3 is 5.97 Å². The van der Waals surface area contributed by atoms with Crippen LogP contribution in [0.15, 0.2) is 36.5 Å². The molecule has 0 aliphatic carbocycles. The van der Waals surface area contributed by atoms with Crippen LogP contribution in [0.2, 0.25) is 0 Å². The minimum absolute atomic E-state index is 0.254. The van der Waals surface area contributed by atoms with Gasteiger partial charge in [-0.05, 0) is 31.9 Å². The standard InChI is InChI=1S/C15H24O3S/c1-14(16)10-6-5-9-13-19-12-8-4-2-3-7-11-15(17)18/h2,4-6,9-10,14,16H,3,7-8,11-13H2,1H3,(H,17,18)/b4-2-,9-5-,10-6+. The fraction of sp³-hybridized carbons (Fsp3) is 0.533. The zero-order valence-corrected chi connectivity index (χ0v) is 12.3. The molecule has 0 heterocycles. The van der Waals surface area contributed by atoms with Crippen LogP contribution < -0.4 is 0 Å². The zero-order chi connectivity index (χ0) is 14.3. The van der Waals surface area contributed by atoms with E-state index in [1.165, 1.54) is 0 Å². The van der Waals surface area contributed by atoms with Crippen LogP contribution in [-0.4, -0.2) is 33.8 Å². The Hall–Kier alpha value is -1.00. The van der Waals surface area contributed by atoms with E-state index in [0.29, 0.717) is 0 Å². The molecule has 2 N–H and O–H groups in total. The van der Waals surface area contributed by atoms with Crippen molar-refractivity contribution in [3.05, 3.63) is 36.5 Å². The summed E-state index contributed by atoms with van der Waals surface area (Å²) < 4.78 is 0. The molecule has 0 bridgehead atoms. The van der Waals surface area contributed by atoms with E-state index in [1.54, 1.807) is 13.0 Å². The summed E-state index contributed by atoms with van der Waals surface area (Å²) in [6, 6.07) is 0. The van der Waals surface area contributed by atoms with Gasteiger partial charge in [-0.1, -0.05) is 36.5 Å². The topological polar surface area (TPSA) is 57.5 Å². The van der Waals surface area contributed by atoms with E-state index in [2.05, 4.69) is 18.2 Å². The minimum atomic E-state index is -0.722. The molecule has 3 nitrogen and oxygen atoms in total. The summed E-state index contributed by atoms with van der Waals surface area (Å²) in [5.41, 5.74) is 0. The number of rotatable bonds is 11. The van der Waals surface area contributed by atoms with Crippen LogP contribution in [-0.2, 0) is 4.79 Å². The Balaban J connectivity index is 3.31. The highest BCUT2D eigenvalue weighted by Gasteiger charge is 1.93. The van der Waals surface area contributed by atoms with Crippen LogP contribution in [0.3, 0.4) is 0 Å². The molecule has 0 aliphatic rings. The number of hydrogen-bond donors (Lipinski definition) is 2. The SMILES string of the molecule is CC(O)/C=C/C=C\CSCC/C=C\CCCC(=O)O. The molecular weight excluding hydrogens is 260 g/mol.